The van der Waals surface area contributed by atoms with Crippen molar-refractivity contribution in [1.82, 2.24) is 4.72 Å². The Morgan fingerprint density at radius 1 is 1.11 bits per heavy atom. The van der Waals surface area contributed by atoms with E-state index in [4.69, 9.17) is 9.47 Å². The minimum atomic E-state index is -3.68. The van der Waals surface area contributed by atoms with Crippen LogP contribution in [0.15, 0.2) is 53.4 Å². The zero-order chi connectivity index (χ0) is 19.9. The van der Waals surface area contributed by atoms with E-state index in [-0.39, 0.29) is 23.9 Å². The lowest BCUT2D eigenvalue weighted by Gasteiger charge is -2.23. The largest absolute Gasteiger partial charge is 0.497 e. The molecule has 0 saturated heterocycles. The summed E-state index contributed by atoms with van der Waals surface area (Å²) >= 11 is 0. The molecular formula is C19H24N2O5S. The summed E-state index contributed by atoms with van der Waals surface area (Å²) in [7, 11) is -2.17. The Morgan fingerprint density at radius 3 is 2.37 bits per heavy atom. The van der Waals surface area contributed by atoms with Gasteiger partial charge in [-0.2, -0.15) is 0 Å². The summed E-state index contributed by atoms with van der Waals surface area (Å²) in [5.41, 5.74) is 0.607. The van der Waals surface area contributed by atoms with Gasteiger partial charge in [-0.15, -0.1) is 0 Å². The summed E-state index contributed by atoms with van der Waals surface area (Å²) in [6.07, 6.45) is 0. The Labute approximate surface area is 160 Å². The Hall–Kier alpha value is -2.58. The number of amides is 1. The maximum Gasteiger partial charge on any atom is 0.240 e. The van der Waals surface area contributed by atoms with E-state index in [1.165, 1.54) is 31.1 Å². The van der Waals surface area contributed by atoms with Crippen molar-refractivity contribution in [3.05, 3.63) is 48.5 Å². The molecule has 0 spiro atoms. The van der Waals surface area contributed by atoms with Crippen LogP contribution in [0.3, 0.4) is 0 Å². The van der Waals surface area contributed by atoms with E-state index >= 15 is 0 Å². The lowest BCUT2D eigenvalue weighted by Crippen LogP contribution is -2.37. The fourth-order valence-electron chi connectivity index (χ4n) is 2.54. The van der Waals surface area contributed by atoms with E-state index in [2.05, 4.69) is 4.72 Å². The minimum absolute atomic E-state index is 0.0639. The third kappa shape index (κ3) is 5.45. The molecule has 0 atom stereocenters. The van der Waals surface area contributed by atoms with Crippen LogP contribution in [0.5, 0.6) is 11.5 Å². The SMILES string of the molecule is CCOc1ccccc1N(CCNS(=O)(=O)c1ccc(OC)cc1)C(C)=O. The molecule has 0 aliphatic heterocycles. The molecule has 0 aliphatic carbocycles. The van der Waals surface area contributed by atoms with Gasteiger partial charge in [0.15, 0.2) is 0 Å². The van der Waals surface area contributed by atoms with Crippen molar-refractivity contribution < 1.29 is 22.7 Å². The smallest absolute Gasteiger partial charge is 0.240 e. The highest BCUT2D eigenvalue weighted by molar-refractivity contribution is 7.89. The fourth-order valence-corrected chi connectivity index (χ4v) is 3.56. The van der Waals surface area contributed by atoms with Crippen molar-refractivity contribution in [1.29, 1.82) is 0 Å². The molecule has 0 heterocycles. The number of nitrogens with zero attached hydrogens (tertiary/aromatic N) is 1. The molecule has 1 N–H and O–H groups in total. The quantitative estimate of drug-likeness (QED) is 0.708. The average molecular weight is 392 g/mol. The Kier molecular flexibility index (Phi) is 7.20. The maximum absolute atomic E-state index is 12.4. The van der Waals surface area contributed by atoms with Gasteiger partial charge in [-0.25, -0.2) is 13.1 Å². The zero-order valence-electron chi connectivity index (χ0n) is 15.6. The van der Waals surface area contributed by atoms with Crippen LogP contribution < -0.4 is 19.1 Å². The molecule has 0 fully saturated rings. The molecule has 2 aromatic rings. The Balaban J connectivity index is 2.09. The van der Waals surface area contributed by atoms with E-state index < -0.39 is 10.0 Å². The van der Waals surface area contributed by atoms with Crippen molar-refractivity contribution in [3.63, 3.8) is 0 Å². The van der Waals surface area contributed by atoms with Gasteiger partial charge in [0.2, 0.25) is 15.9 Å². The lowest BCUT2D eigenvalue weighted by molar-refractivity contribution is -0.116. The third-order valence-corrected chi connectivity index (χ3v) is 5.31. The second-order valence-electron chi connectivity index (χ2n) is 5.64. The monoisotopic (exact) mass is 392 g/mol. The number of hydrogen-bond acceptors (Lipinski definition) is 5. The summed E-state index contributed by atoms with van der Waals surface area (Å²) in [5.74, 6) is 0.947. The van der Waals surface area contributed by atoms with Gasteiger partial charge in [0.1, 0.15) is 11.5 Å². The summed E-state index contributed by atoms with van der Waals surface area (Å²) in [4.78, 5) is 13.7. The summed E-state index contributed by atoms with van der Waals surface area (Å²) < 4.78 is 37.9. The number of para-hydroxylation sites is 2. The molecule has 1 amide bonds. The van der Waals surface area contributed by atoms with E-state index in [0.717, 1.165) is 0 Å². The van der Waals surface area contributed by atoms with E-state index in [1.807, 2.05) is 13.0 Å². The number of anilines is 1. The molecule has 0 saturated carbocycles. The van der Waals surface area contributed by atoms with Crippen LogP contribution in [0.25, 0.3) is 0 Å². The van der Waals surface area contributed by atoms with Crippen LogP contribution in [0.1, 0.15) is 13.8 Å². The number of sulfonamides is 1. The van der Waals surface area contributed by atoms with Gasteiger partial charge in [0.05, 0.1) is 24.3 Å². The number of ether oxygens (including phenoxy) is 2. The minimum Gasteiger partial charge on any atom is -0.497 e. The first kappa shape index (κ1) is 20.7. The summed E-state index contributed by atoms with van der Waals surface area (Å²) in [6, 6.07) is 13.3. The molecule has 7 nitrogen and oxygen atoms in total. The summed E-state index contributed by atoms with van der Waals surface area (Å²) in [6.45, 7) is 3.99. The van der Waals surface area contributed by atoms with Crippen molar-refractivity contribution in [3.8, 4) is 11.5 Å². The normalized spacial score (nSPS) is 11.1. The number of carbonyl (C=O) groups excluding carboxylic acids is 1. The molecule has 2 aromatic carbocycles. The molecule has 0 aliphatic rings. The van der Waals surface area contributed by atoms with Crippen LogP contribution in [-0.4, -0.2) is 41.1 Å². The van der Waals surface area contributed by atoms with Crippen LogP contribution >= 0.6 is 0 Å². The molecule has 0 bridgehead atoms. The average Bonchev–Trinajstić information content (AvgIpc) is 2.66. The van der Waals surface area contributed by atoms with E-state index in [0.29, 0.717) is 23.8 Å². The van der Waals surface area contributed by atoms with E-state index in [9.17, 15) is 13.2 Å². The third-order valence-electron chi connectivity index (χ3n) is 3.83. The first-order valence-electron chi connectivity index (χ1n) is 8.52. The number of hydrogen-bond donors (Lipinski definition) is 1. The number of methoxy groups -OCH3 is 1. The van der Waals surface area contributed by atoms with Gasteiger partial charge in [-0.3, -0.25) is 4.79 Å². The number of benzene rings is 2. The molecule has 8 heteroatoms. The Morgan fingerprint density at radius 2 is 1.78 bits per heavy atom. The predicted octanol–water partition coefficient (Wildman–Crippen LogP) is 2.43. The summed E-state index contributed by atoms with van der Waals surface area (Å²) in [5, 5.41) is 0. The van der Waals surface area contributed by atoms with Crippen molar-refractivity contribution in [2.45, 2.75) is 18.7 Å². The molecule has 0 aromatic heterocycles. The van der Waals surface area contributed by atoms with E-state index in [1.54, 1.807) is 30.3 Å². The highest BCUT2D eigenvalue weighted by Crippen LogP contribution is 2.28. The molecule has 146 valence electrons. The second-order valence-corrected chi connectivity index (χ2v) is 7.41. The highest BCUT2D eigenvalue weighted by Gasteiger charge is 2.18. The second kappa shape index (κ2) is 9.38. The topological polar surface area (TPSA) is 84.9 Å². The van der Waals surface area contributed by atoms with Gasteiger partial charge in [-0.05, 0) is 43.3 Å². The van der Waals surface area contributed by atoms with Crippen LogP contribution in [0, 0.1) is 0 Å². The molecule has 0 unspecified atom stereocenters. The molecular weight excluding hydrogens is 368 g/mol. The van der Waals surface area contributed by atoms with Gasteiger partial charge < -0.3 is 14.4 Å². The van der Waals surface area contributed by atoms with Crippen molar-refractivity contribution in [2.24, 2.45) is 0 Å². The highest BCUT2D eigenvalue weighted by atomic mass is 32.2. The number of rotatable bonds is 9. The van der Waals surface area contributed by atoms with Crippen molar-refractivity contribution >= 4 is 21.6 Å². The molecule has 27 heavy (non-hydrogen) atoms. The van der Waals surface area contributed by atoms with Gasteiger partial charge >= 0.3 is 0 Å². The maximum atomic E-state index is 12.4. The van der Waals surface area contributed by atoms with Crippen LogP contribution in [-0.2, 0) is 14.8 Å². The first-order chi connectivity index (χ1) is 12.9. The lowest BCUT2D eigenvalue weighted by atomic mass is 10.2. The van der Waals surface area contributed by atoms with Crippen molar-refractivity contribution in [2.75, 3.05) is 31.7 Å². The Bertz CT molecular complexity index is 866. The predicted molar refractivity (Wildman–Crippen MR) is 104 cm³/mol. The van der Waals surface area contributed by atoms with Gasteiger partial charge in [0.25, 0.3) is 0 Å². The molecule has 0 radical (unpaired) electrons. The number of carbonyl (C=O) groups is 1. The van der Waals surface area contributed by atoms with Gasteiger partial charge in [0, 0.05) is 20.0 Å². The fraction of sp³-hybridized carbons (Fsp3) is 0.316. The number of nitrogens with one attached hydrogen (secondary N) is 1. The standard InChI is InChI=1S/C19H24N2O5S/c1-4-26-19-8-6-5-7-18(19)21(15(2)22)14-13-20-27(23,24)17-11-9-16(25-3)10-12-17/h5-12,20H,4,13-14H2,1-3H3. The molecule has 2 rings (SSSR count). The van der Waals surface area contributed by atoms with Gasteiger partial charge in [-0.1, -0.05) is 12.1 Å². The van der Waals surface area contributed by atoms with Crippen LogP contribution in [0.2, 0.25) is 0 Å². The zero-order valence-corrected chi connectivity index (χ0v) is 16.5. The first-order valence-corrected chi connectivity index (χ1v) is 10.0. The van der Waals surface area contributed by atoms with Crippen LogP contribution in [0.4, 0.5) is 5.69 Å².